The smallest absolute Gasteiger partial charge is 0.254 e. The van der Waals surface area contributed by atoms with Crippen LogP contribution in [0.25, 0.3) is 10.9 Å². The Labute approximate surface area is 148 Å². The average molecular weight is 339 g/mol. The molecular weight excluding hydrogens is 314 g/mol. The van der Waals surface area contributed by atoms with E-state index in [1.807, 2.05) is 24.0 Å². The van der Waals surface area contributed by atoms with Gasteiger partial charge in [-0.05, 0) is 38.6 Å². The molecule has 4 rings (SSSR count). The first-order valence-corrected chi connectivity index (χ1v) is 8.96. The number of rotatable bonds is 1. The van der Waals surface area contributed by atoms with Crippen LogP contribution in [-0.4, -0.2) is 66.6 Å². The molecule has 5 nitrogen and oxygen atoms in total. The molecule has 5 heteroatoms. The van der Waals surface area contributed by atoms with Gasteiger partial charge in [0.15, 0.2) is 0 Å². The normalized spacial score (nSPS) is 24.4. The van der Waals surface area contributed by atoms with E-state index >= 15 is 0 Å². The highest BCUT2D eigenvalue weighted by Crippen LogP contribution is 2.24. The van der Waals surface area contributed by atoms with Crippen molar-refractivity contribution < 1.29 is 9.53 Å². The Morgan fingerprint density at radius 1 is 1.16 bits per heavy atom. The largest absolute Gasteiger partial charge is 0.379 e. The number of hydrogen-bond donors (Lipinski definition) is 0. The molecule has 3 heterocycles. The molecule has 1 aromatic heterocycles. The molecule has 2 aliphatic heterocycles. The highest BCUT2D eigenvalue weighted by Gasteiger charge is 2.34. The molecule has 0 N–H and O–H groups in total. The predicted molar refractivity (Wildman–Crippen MR) is 97.8 cm³/mol. The molecule has 2 saturated heterocycles. The van der Waals surface area contributed by atoms with Crippen molar-refractivity contribution in [2.75, 3.05) is 39.9 Å². The number of fused-ring (bicyclic) bond motifs is 4. The van der Waals surface area contributed by atoms with Crippen LogP contribution >= 0.6 is 0 Å². The summed E-state index contributed by atoms with van der Waals surface area (Å²) in [7, 11) is 2.13. The highest BCUT2D eigenvalue weighted by molar-refractivity contribution is 6.06. The van der Waals surface area contributed by atoms with Crippen LogP contribution in [-0.2, 0) is 4.74 Å². The van der Waals surface area contributed by atoms with Gasteiger partial charge in [-0.2, -0.15) is 0 Å². The number of nitrogens with zero attached hydrogens (tertiary/aromatic N) is 3. The zero-order valence-corrected chi connectivity index (χ0v) is 15.2. The van der Waals surface area contributed by atoms with Gasteiger partial charge < -0.3 is 9.64 Å². The number of likely N-dealkylation sites (N-methyl/N-ethyl adjacent to an activating group) is 1. The van der Waals surface area contributed by atoms with Crippen LogP contribution in [0.15, 0.2) is 24.3 Å². The lowest BCUT2D eigenvalue weighted by Gasteiger charge is -2.30. The van der Waals surface area contributed by atoms with E-state index in [9.17, 15) is 4.79 Å². The third-order valence-electron chi connectivity index (χ3n) is 5.35. The van der Waals surface area contributed by atoms with Crippen molar-refractivity contribution in [1.29, 1.82) is 0 Å². The van der Waals surface area contributed by atoms with Gasteiger partial charge in [0.25, 0.3) is 5.91 Å². The van der Waals surface area contributed by atoms with Gasteiger partial charge in [-0.15, -0.1) is 0 Å². The number of ether oxygens (including phenoxy) is 1. The fourth-order valence-electron chi connectivity index (χ4n) is 4.03. The van der Waals surface area contributed by atoms with Gasteiger partial charge >= 0.3 is 0 Å². The molecule has 1 aromatic carbocycles. The second-order valence-corrected chi connectivity index (χ2v) is 7.54. The number of amides is 1. The first kappa shape index (κ1) is 16.5. The Kier molecular flexibility index (Phi) is 4.21. The molecule has 2 aliphatic rings. The quantitative estimate of drug-likeness (QED) is 0.799. The lowest BCUT2D eigenvalue weighted by atomic mass is 10.0. The van der Waals surface area contributed by atoms with Crippen LogP contribution in [0.1, 0.15) is 21.6 Å². The lowest BCUT2D eigenvalue weighted by molar-refractivity contribution is 0.0435. The maximum absolute atomic E-state index is 13.4. The van der Waals surface area contributed by atoms with Gasteiger partial charge in [0.1, 0.15) is 0 Å². The first-order valence-electron chi connectivity index (χ1n) is 8.96. The standard InChI is InChI=1S/C20H25N3O2/c1-13-4-5-17-18(7-14(2)21-19(17)6-13)20(24)23-9-15-8-22(3)16(10-23)12-25-11-15/h4-7,15-16H,8-12H2,1-3H3/t15-,16+/m1/s1. The minimum atomic E-state index is 0.117. The van der Waals surface area contributed by atoms with E-state index in [1.54, 1.807) is 0 Å². The maximum atomic E-state index is 13.4. The fourth-order valence-corrected chi connectivity index (χ4v) is 4.03. The Morgan fingerprint density at radius 2 is 2.00 bits per heavy atom. The second-order valence-electron chi connectivity index (χ2n) is 7.54. The number of carbonyl (C=O) groups is 1. The lowest BCUT2D eigenvalue weighted by Crippen LogP contribution is -2.44. The summed E-state index contributed by atoms with van der Waals surface area (Å²) in [5.41, 5.74) is 3.72. The van der Waals surface area contributed by atoms with Crippen LogP contribution in [0.5, 0.6) is 0 Å². The summed E-state index contributed by atoms with van der Waals surface area (Å²) in [5.74, 6) is 0.490. The third kappa shape index (κ3) is 3.14. The van der Waals surface area contributed by atoms with Gasteiger partial charge in [-0.3, -0.25) is 14.7 Å². The van der Waals surface area contributed by atoms with Crippen molar-refractivity contribution in [2.45, 2.75) is 19.9 Å². The summed E-state index contributed by atoms with van der Waals surface area (Å²) in [6, 6.07) is 8.33. The van der Waals surface area contributed by atoms with Crippen LogP contribution in [0.4, 0.5) is 0 Å². The van der Waals surface area contributed by atoms with Gasteiger partial charge in [0, 0.05) is 36.6 Å². The van der Waals surface area contributed by atoms with Crippen molar-refractivity contribution in [3.05, 3.63) is 41.1 Å². The van der Waals surface area contributed by atoms with Crippen LogP contribution in [0, 0.1) is 19.8 Å². The monoisotopic (exact) mass is 339 g/mol. The van der Waals surface area contributed by atoms with E-state index in [2.05, 4.69) is 36.0 Å². The van der Waals surface area contributed by atoms with E-state index in [1.165, 1.54) is 0 Å². The minimum absolute atomic E-state index is 0.117. The van der Waals surface area contributed by atoms with Crippen LogP contribution in [0.3, 0.4) is 0 Å². The van der Waals surface area contributed by atoms with Crippen molar-refractivity contribution in [1.82, 2.24) is 14.8 Å². The highest BCUT2D eigenvalue weighted by atomic mass is 16.5. The summed E-state index contributed by atoms with van der Waals surface area (Å²) in [5, 5.41) is 0.945. The summed E-state index contributed by atoms with van der Waals surface area (Å²) in [6.45, 7) is 7.92. The molecule has 0 radical (unpaired) electrons. The molecule has 2 aromatic rings. The second kappa shape index (κ2) is 6.39. The van der Waals surface area contributed by atoms with E-state index in [4.69, 9.17) is 4.74 Å². The molecule has 1 amide bonds. The van der Waals surface area contributed by atoms with Crippen molar-refractivity contribution in [3.63, 3.8) is 0 Å². The maximum Gasteiger partial charge on any atom is 0.254 e. The zero-order chi connectivity index (χ0) is 17.6. The van der Waals surface area contributed by atoms with Crippen LogP contribution in [0.2, 0.25) is 0 Å². The van der Waals surface area contributed by atoms with Crippen molar-refractivity contribution in [3.8, 4) is 0 Å². The first-order chi connectivity index (χ1) is 12.0. The number of aryl methyl sites for hydroxylation is 2. The molecule has 132 valence electrons. The Hall–Kier alpha value is -1.98. The van der Waals surface area contributed by atoms with Crippen LogP contribution < -0.4 is 0 Å². The summed E-state index contributed by atoms with van der Waals surface area (Å²) >= 11 is 0. The fraction of sp³-hybridized carbons (Fsp3) is 0.500. The average Bonchev–Trinajstić information content (AvgIpc) is 2.81. The third-order valence-corrected chi connectivity index (χ3v) is 5.35. The molecule has 0 unspecified atom stereocenters. The van der Waals surface area contributed by atoms with E-state index < -0.39 is 0 Å². The van der Waals surface area contributed by atoms with Gasteiger partial charge in [0.05, 0.1) is 30.3 Å². The molecular formula is C20H25N3O2. The van der Waals surface area contributed by atoms with E-state index in [0.29, 0.717) is 12.5 Å². The number of benzene rings is 1. The van der Waals surface area contributed by atoms with Crippen molar-refractivity contribution >= 4 is 16.8 Å². The number of hydrogen-bond acceptors (Lipinski definition) is 4. The summed E-state index contributed by atoms with van der Waals surface area (Å²) in [4.78, 5) is 22.4. The number of aromatic nitrogens is 1. The molecule has 0 aliphatic carbocycles. The van der Waals surface area contributed by atoms with Gasteiger partial charge in [-0.25, -0.2) is 0 Å². The number of pyridine rings is 1. The van der Waals surface area contributed by atoms with Crippen molar-refractivity contribution in [2.24, 2.45) is 5.92 Å². The molecule has 2 bridgehead atoms. The minimum Gasteiger partial charge on any atom is -0.379 e. The van der Waals surface area contributed by atoms with Gasteiger partial charge in [0.2, 0.25) is 0 Å². The number of carbonyl (C=O) groups excluding carboxylic acids is 1. The van der Waals surface area contributed by atoms with E-state index in [-0.39, 0.29) is 11.9 Å². The Bertz CT molecular complexity index is 815. The topological polar surface area (TPSA) is 45.7 Å². The van der Waals surface area contributed by atoms with E-state index in [0.717, 1.165) is 54.0 Å². The van der Waals surface area contributed by atoms with Gasteiger partial charge in [-0.1, -0.05) is 12.1 Å². The Morgan fingerprint density at radius 3 is 2.84 bits per heavy atom. The Balaban J connectivity index is 1.72. The summed E-state index contributed by atoms with van der Waals surface area (Å²) in [6.07, 6.45) is 0. The molecule has 25 heavy (non-hydrogen) atoms. The molecule has 0 saturated carbocycles. The zero-order valence-electron chi connectivity index (χ0n) is 15.2. The molecule has 0 spiro atoms. The summed E-state index contributed by atoms with van der Waals surface area (Å²) < 4.78 is 5.78. The predicted octanol–water partition coefficient (Wildman–Crippen LogP) is 2.25. The SMILES string of the molecule is Cc1ccc2c(C(=O)N3C[C@@H]4COC[C@H](C3)N(C)C4)cc(C)nc2c1. The molecule has 2 atom stereocenters. The molecule has 2 fully saturated rings.